The number of nitrogens with zero attached hydrogens (tertiary/aromatic N) is 3. The van der Waals surface area contributed by atoms with Gasteiger partial charge in [0.15, 0.2) is 5.82 Å². The van der Waals surface area contributed by atoms with Crippen LogP contribution in [0.15, 0.2) is 76.4 Å². The van der Waals surface area contributed by atoms with Crippen LogP contribution < -0.4 is 16.4 Å². The summed E-state index contributed by atoms with van der Waals surface area (Å²) in [6.07, 6.45) is 0.407. The second-order valence-electron chi connectivity index (χ2n) is 6.64. The monoisotopic (exact) mass is 422 g/mol. The largest absolute Gasteiger partial charge is 0.383 e. The molecule has 10 heteroatoms. The molecule has 4 aromatic rings. The molecule has 2 heterocycles. The summed E-state index contributed by atoms with van der Waals surface area (Å²) in [7, 11) is -3.77. The summed E-state index contributed by atoms with van der Waals surface area (Å²) in [5.41, 5.74) is 9.19. The maximum absolute atomic E-state index is 11.5. The average molecular weight is 422 g/mol. The zero-order valence-electron chi connectivity index (χ0n) is 15.7. The summed E-state index contributed by atoms with van der Waals surface area (Å²) >= 11 is 0. The fourth-order valence-electron chi connectivity index (χ4n) is 3.10. The molecule has 0 bridgehead atoms. The van der Waals surface area contributed by atoms with E-state index in [1.807, 2.05) is 30.3 Å². The van der Waals surface area contributed by atoms with Crippen molar-refractivity contribution < 1.29 is 8.42 Å². The molecule has 0 fully saturated rings. The zero-order chi connectivity index (χ0) is 21.3. The van der Waals surface area contributed by atoms with Gasteiger partial charge in [-0.05, 0) is 23.8 Å². The van der Waals surface area contributed by atoms with E-state index in [0.29, 0.717) is 23.8 Å². The maximum atomic E-state index is 11.5. The Balaban J connectivity index is 1.81. The molecule has 4 rings (SSSR count). The van der Waals surface area contributed by atoms with Gasteiger partial charge in [-0.3, -0.25) is 4.79 Å². The number of H-pyrrole nitrogens is 1. The lowest BCUT2D eigenvalue weighted by molar-refractivity contribution is 0.598. The van der Waals surface area contributed by atoms with Gasteiger partial charge in [0.1, 0.15) is 5.82 Å². The van der Waals surface area contributed by atoms with Gasteiger partial charge in [-0.25, -0.2) is 18.7 Å². The lowest BCUT2D eigenvalue weighted by Crippen LogP contribution is -2.12. The Morgan fingerprint density at radius 2 is 1.67 bits per heavy atom. The number of benzene rings is 2. The summed E-state index contributed by atoms with van der Waals surface area (Å²) in [6, 6.07) is 18.7. The van der Waals surface area contributed by atoms with E-state index in [4.69, 9.17) is 10.9 Å². The molecule has 0 saturated carbocycles. The third kappa shape index (κ3) is 3.86. The summed E-state index contributed by atoms with van der Waals surface area (Å²) < 4.78 is 24.4. The Kier molecular flexibility index (Phi) is 4.94. The molecule has 0 saturated heterocycles. The summed E-state index contributed by atoms with van der Waals surface area (Å²) in [6.45, 7) is 0. The Morgan fingerprint density at radius 1 is 0.967 bits per heavy atom. The molecule has 0 amide bonds. The van der Waals surface area contributed by atoms with E-state index in [2.05, 4.69) is 15.3 Å². The molecule has 9 nitrogen and oxygen atoms in total. The van der Waals surface area contributed by atoms with Crippen LogP contribution in [0.3, 0.4) is 0 Å². The number of primary sulfonamides is 1. The Morgan fingerprint density at radius 3 is 2.27 bits per heavy atom. The van der Waals surface area contributed by atoms with E-state index in [9.17, 15) is 13.2 Å². The summed E-state index contributed by atoms with van der Waals surface area (Å²) in [5.74, 6) is 0.740. The molecular weight excluding hydrogens is 404 g/mol. The highest BCUT2D eigenvalue weighted by molar-refractivity contribution is 7.89. The van der Waals surface area contributed by atoms with Crippen LogP contribution in [0, 0.1) is 0 Å². The predicted octanol–water partition coefficient (Wildman–Crippen LogP) is 1.44. The highest BCUT2D eigenvalue weighted by Gasteiger charge is 2.19. The number of aromatic amines is 1. The minimum absolute atomic E-state index is 0.0376. The number of aromatic nitrogens is 4. The first kappa shape index (κ1) is 19.6. The van der Waals surface area contributed by atoms with Crippen molar-refractivity contribution in [1.29, 1.82) is 0 Å². The normalized spacial score (nSPS) is 11.5. The number of hydrogen-bond acceptors (Lipinski definition) is 6. The van der Waals surface area contributed by atoms with Gasteiger partial charge in [-0.2, -0.15) is 14.9 Å². The molecule has 0 radical (unpaired) electrons. The molecule has 2 aromatic heterocycles. The number of anilines is 1. The van der Waals surface area contributed by atoms with E-state index in [-0.39, 0.29) is 10.5 Å². The lowest BCUT2D eigenvalue weighted by Gasteiger charge is -2.06. The molecule has 0 aliphatic rings. The van der Waals surface area contributed by atoms with Crippen molar-refractivity contribution >= 4 is 15.8 Å². The van der Waals surface area contributed by atoms with Crippen molar-refractivity contribution in [3.63, 3.8) is 0 Å². The van der Waals surface area contributed by atoms with E-state index in [1.165, 1.54) is 28.9 Å². The Hall–Kier alpha value is -3.76. The number of nitrogens with one attached hydrogen (secondary N) is 1. The van der Waals surface area contributed by atoms with Crippen LogP contribution in [0.1, 0.15) is 11.1 Å². The highest BCUT2D eigenvalue weighted by Crippen LogP contribution is 2.30. The Bertz CT molecular complexity index is 1340. The van der Waals surface area contributed by atoms with Crippen LogP contribution in [0.2, 0.25) is 0 Å². The maximum Gasteiger partial charge on any atom is 0.264 e. The van der Waals surface area contributed by atoms with Gasteiger partial charge in [0.25, 0.3) is 5.56 Å². The van der Waals surface area contributed by atoms with Crippen molar-refractivity contribution in [2.75, 3.05) is 5.73 Å². The van der Waals surface area contributed by atoms with Gasteiger partial charge in [0.05, 0.1) is 10.6 Å². The van der Waals surface area contributed by atoms with Gasteiger partial charge in [0, 0.05) is 23.6 Å². The first-order valence-electron chi connectivity index (χ1n) is 8.93. The van der Waals surface area contributed by atoms with Gasteiger partial charge in [-0.15, -0.1) is 0 Å². The molecule has 0 spiro atoms. The van der Waals surface area contributed by atoms with Gasteiger partial charge in [0.2, 0.25) is 10.0 Å². The quantitative estimate of drug-likeness (QED) is 0.443. The van der Waals surface area contributed by atoms with Crippen molar-refractivity contribution in [3.8, 4) is 17.1 Å². The lowest BCUT2D eigenvalue weighted by atomic mass is 10.0. The molecule has 0 aliphatic heterocycles. The molecule has 2 aromatic carbocycles. The van der Waals surface area contributed by atoms with Gasteiger partial charge >= 0.3 is 0 Å². The number of nitrogen functional groups attached to an aromatic ring is 1. The summed E-state index contributed by atoms with van der Waals surface area (Å²) in [4.78, 5) is 11.4. The van der Waals surface area contributed by atoms with Gasteiger partial charge in [-0.1, -0.05) is 42.5 Å². The SMILES string of the molecule is Nc1c(Cc2ccc(S(N)(=O)=O)cc2)c(-c2ccccc2)nn1-c1ccc(=O)[nH]n1. The second-order valence-corrected chi connectivity index (χ2v) is 8.20. The third-order valence-corrected chi connectivity index (χ3v) is 5.51. The predicted molar refractivity (Wildman–Crippen MR) is 112 cm³/mol. The molecule has 0 unspecified atom stereocenters. The third-order valence-electron chi connectivity index (χ3n) is 4.58. The fourth-order valence-corrected chi connectivity index (χ4v) is 3.61. The first-order chi connectivity index (χ1) is 14.3. The van der Waals surface area contributed by atoms with Crippen LogP contribution in [0.25, 0.3) is 17.1 Å². The van der Waals surface area contributed by atoms with Crippen molar-refractivity contribution in [2.45, 2.75) is 11.3 Å². The average Bonchev–Trinajstić information content (AvgIpc) is 3.05. The smallest absolute Gasteiger partial charge is 0.264 e. The number of nitrogens with two attached hydrogens (primary N) is 2. The van der Waals surface area contributed by atoms with Crippen LogP contribution in [-0.4, -0.2) is 28.4 Å². The van der Waals surface area contributed by atoms with Crippen molar-refractivity contribution in [3.05, 3.63) is 88.2 Å². The van der Waals surface area contributed by atoms with E-state index in [1.54, 1.807) is 12.1 Å². The molecule has 152 valence electrons. The number of hydrogen-bond donors (Lipinski definition) is 3. The van der Waals surface area contributed by atoms with E-state index in [0.717, 1.165) is 16.7 Å². The standard InChI is InChI=1S/C20H18N6O3S/c21-20-16(12-13-6-8-15(9-7-13)30(22,28)29)19(14-4-2-1-3-5-14)25-26(20)17-10-11-18(27)24-23-17/h1-11H,12,21H2,(H,24,27)(H2,22,28,29). The van der Waals surface area contributed by atoms with Crippen LogP contribution >= 0.6 is 0 Å². The number of sulfonamides is 1. The van der Waals surface area contributed by atoms with Crippen LogP contribution in [-0.2, 0) is 16.4 Å². The molecule has 0 atom stereocenters. The van der Waals surface area contributed by atoms with E-state index < -0.39 is 10.0 Å². The first-order valence-corrected chi connectivity index (χ1v) is 10.5. The molecular formula is C20H18N6O3S. The van der Waals surface area contributed by atoms with Crippen molar-refractivity contribution in [1.82, 2.24) is 20.0 Å². The topological polar surface area (TPSA) is 150 Å². The molecule has 0 aliphatic carbocycles. The summed E-state index contributed by atoms with van der Waals surface area (Å²) in [5, 5.41) is 16.2. The molecule has 5 N–H and O–H groups in total. The minimum atomic E-state index is -3.77. The van der Waals surface area contributed by atoms with Gasteiger partial charge < -0.3 is 5.73 Å². The molecule has 30 heavy (non-hydrogen) atoms. The van der Waals surface area contributed by atoms with Crippen molar-refractivity contribution in [2.24, 2.45) is 5.14 Å². The minimum Gasteiger partial charge on any atom is -0.383 e. The van der Waals surface area contributed by atoms with Crippen LogP contribution in [0.4, 0.5) is 5.82 Å². The highest BCUT2D eigenvalue weighted by atomic mass is 32.2. The van der Waals surface area contributed by atoms with E-state index >= 15 is 0 Å². The zero-order valence-corrected chi connectivity index (χ0v) is 16.5. The number of rotatable bonds is 5. The van der Waals surface area contributed by atoms with Crippen LogP contribution in [0.5, 0.6) is 0 Å². The Labute approximate surface area is 172 Å². The fraction of sp³-hybridized carbons (Fsp3) is 0.0500. The second kappa shape index (κ2) is 7.58.